The van der Waals surface area contributed by atoms with Gasteiger partial charge in [0.05, 0.1) is 11.4 Å². The SMILES string of the molecule is CC(C)(C)c1ccc(N(c2ccc(-c3ccccc3)cc2)c2ccc3c(c2)-c2cc4c(oc5ccccc54)c4c2B(c2cccc5c2N4c2cc4c(cc2C5(C)C)C(C)(C)CCC4(C)C)N3c2ccc(-c3ccccc3)cc2)cc1. The van der Waals surface area contributed by atoms with Crippen molar-refractivity contribution in [3.8, 4) is 33.4 Å². The van der Waals surface area contributed by atoms with Gasteiger partial charge in [-0.2, -0.15) is 0 Å². The molecular formula is C75H66BN3O. The van der Waals surface area contributed by atoms with E-state index in [2.05, 4.69) is 289 Å². The van der Waals surface area contributed by atoms with Crippen molar-refractivity contribution in [1.29, 1.82) is 0 Å². The van der Waals surface area contributed by atoms with Gasteiger partial charge < -0.3 is 19.0 Å². The second-order valence-electron chi connectivity index (χ2n) is 26.0. The number of nitrogens with zero attached hydrogens (tertiary/aromatic N) is 3. The van der Waals surface area contributed by atoms with Crippen LogP contribution in [0, 0.1) is 0 Å². The Kier molecular flexibility index (Phi) is 10.5. The van der Waals surface area contributed by atoms with E-state index in [0.717, 1.165) is 63.2 Å². The molecule has 0 bridgehead atoms. The highest BCUT2D eigenvalue weighted by molar-refractivity contribution is 6.94. The zero-order valence-corrected chi connectivity index (χ0v) is 47.4. The summed E-state index contributed by atoms with van der Waals surface area (Å²) in [5, 5.41) is 2.25. The number of hydrogen-bond donors (Lipinski definition) is 0. The Balaban J connectivity index is 1.03. The van der Waals surface area contributed by atoms with Crippen molar-refractivity contribution in [3.63, 3.8) is 0 Å². The molecule has 11 aromatic rings. The highest BCUT2D eigenvalue weighted by Gasteiger charge is 2.52. The summed E-state index contributed by atoms with van der Waals surface area (Å²) in [5.41, 5.74) is 27.5. The van der Waals surface area contributed by atoms with Crippen molar-refractivity contribution in [1.82, 2.24) is 0 Å². The molecule has 80 heavy (non-hydrogen) atoms. The summed E-state index contributed by atoms with van der Waals surface area (Å²) < 4.78 is 7.37. The minimum atomic E-state index is -0.302. The summed E-state index contributed by atoms with van der Waals surface area (Å²) in [7, 11) is 0. The number of para-hydroxylation sites is 2. The number of anilines is 8. The van der Waals surface area contributed by atoms with E-state index >= 15 is 0 Å². The number of benzene rings is 10. The quantitative estimate of drug-likeness (QED) is 0.155. The maximum Gasteiger partial charge on any atom is 0.333 e. The fourth-order valence-corrected chi connectivity index (χ4v) is 14.3. The molecule has 1 aliphatic carbocycles. The summed E-state index contributed by atoms with van der Waals surface area (Å²) in [4.78, 5) is 7.77. The molecule has 10 aromatic carbocycles. The molecule has 0 unspecified atom stereocenters. The van der Waals surface area contributed by atoms with Gasteiger partial charge in [-0.3, -0.25) is 0 Å². The second-order valence-corrected chi connectivity index (χ2v) is 26.0. The lowest BCUT2D eigenvalue weighted by Gasteiger charge is -2.51. The number of rotatable bonds is 6. The Bertz CT molecular complexity index is 4300. The third-order valence-electron chi connectivity index (χ3n) is 18.8. The molecule has 0 amide bonds. The van der Waals surface area contributed by atoms with Gasteiger partial charge in [0, 0.05) is 55.9 Å². The molecule has 0 saturated heterocycles. The van der Waals surface area contributed by atoms with Gasteiger partial charge in [0.25, 0.3) is 0 Å². The average molecular weight is 1040 g/mol. The fourth-order valence-electron chi connectivity index (χ4n) is 14.3. The third kappa shape index (κ3) is 7.21. The average Bonchev–Trinajstić information content (AvgIpc) is 1.69. The van der Waals surface area contributed by atoms with Crippen LogP contribution in [0.15, 0.2) is 217 Å². The van der Waals surface area contributed by atoms with Gasteiger partial charge in [0.2, 0.25) is 0 Å². The van der Waals surface area contributed by atoms with Gasteiger partial charge in [-0.25, -0.2) is 0 Å². The maximum absolute atomic E-state index is 7.37. The molecule has 0 radical (unpaired) electrons. The van der Waals surface area contributed by atoms with Crippen LogP contribution in [0.1, 0.15) is 103 Å². The van der Waals surface area contributed by atoms with Gasteiger partial charge in [-0.05, 0) is 168 Å². The molecule has 3 aliphatic heterocycles. The minimum absolute atomic E-state index is 0.00576. The number of furan rings is 1. The monoisotopic (exact) mass is 1040 g/mol. The summed E-state index contributed by atoms with van der Waals surface area (Å²) in [6, 6.07) is 79.8. The van der Waals surface area contributed by atoms with Crippen LogP contribution in [0.4, 0.5) is 45.5 Å². The van der Waals surface area contributed by atoms with Crippen LogP contribution in [0.2, 0.25) is 0 Å². The first-order valence-electron chi connectivity index (χ1n) is 28.8. The van der Waals surface area contributed by atoms with Crippen LogP contribution in [0.3, 0.4) is 0 Å². The van der Waals surface area contributed by atoms with E-state index in [1.807, 2.05) is 0 Å². The first kappa shape index (κ1) is 48.6. The van der Waals surface area contributed by atoms with E-state index in [0.29, 0.717) is 0 Å². The van der Waals surface area contributed by atoms with E-state index in [-0.39, 0.29) is 28.5 Å². The first-order chi connectivity index (χ1) is 38.5. The van der Waals surface area contributed by atoms with Crippen LogP contribution >= 0.6 is 0 Å². The van der Waals surface area contributed by atoms with Gasteiger partial charge in [-0.15, -0.1) is 0 Å². The molecule has 1 aromatic heterocycles. The standard InChI is InChI=1S/C75H66BN3O/c1-72(2,3)51-31-37-53(38-32-51)77(52-33-27-49(28-34-52)47-19-12-10-13-20-47)55-39-40-65-57(43-55)58-44-59-56-23-16-17-26-67(56)80-71(59)70-68(58)76(79(65)54-35-29-50(30-36-54)48-21-14-11-15-22-48)64-25-18-24-60-69(64)78(70)66-46-62-61(45-63(66)75(60,8)9)73(4,5)41-42-74(62,6)7/h10-40,43-46H,41-42H2,1-9H3. The topological polar surface area (TPSA) is 22.9 Å². The van der Waals surface area contributed by atoms with Crippen LogP contribution < -0.4 is 25.5 Å². The molecule has 0 atom stereocenters. The summed E-state index contributed by atoms with van der Waals surface area (Å²) in [6.45, 7) is 21.4. The van der Waals surface area contributed by atoms with Gasteiger partial charge in [-0.1, -0.05) is 202 Å². The highest BCUT2D eigenvalue weighted by atomic mass is 16.3. The molecule has 390 valence electrons. The molecule has 0 N–H and O–H groups in total. The van der Waals surface area contributed by atoms with Crippen molar-refractivity contribution in [2.75, 3.05) is 14.6 Å². The minimum Gasteiger partial charge on any atom is -0.454 e. The van der Waals surface area contributed by atoms with E-state index in [1.165, 1.54) is 89.2 Å². The normalized spacial score (nSPS) is 15.9. The fraction of sp³-hybridized carbons (Fsp3) is 0.200. The summed E-state index contributed by atoms with van der Waals surface area (Å²) in [5.74, 6) is 0. The Labute approximate surface area is 472 Å². The molecule has 4 nitrogen and oxygen atoms in total. The molecule has 0 spiro atoms. The number of fused-ring (bicyclic) bond motifs is 11. The molecular weight excluding hydrogens is 970 g/mol. The van der Waals surface area contributed by atoms with Crippen molar-refractivity contribution in [3.05, 3.63) is 240 Å². The smallest absolute Gasteiger partial charge is 0.333 e. The zero-order valence-electron chi connectivity index (χ0n) is 47.4. The van der Waals surface area contributed by atoms with Gasteiger partial charge in [0.15, 0.2) is 5.58 Å². The van der Waals surface area contributed by atoms with E-state index in [1.54, 1.807) is 0 Å². The largest absolute Gasteiger partial charge is 0.454 e. The van der Waals surface area contributed by atoms with Gasteiger partial charge >= 0.3 is 6.85 Å². The van der Waals surface area contributed by atoms with E-state index < -0.39 is 0 Å². The van der Waals surface area contributed by atoms with Crippen LogP contribution in [0.25, 0.3) is 55.3 Å². The van der Waals surface area contributed by atoms with Crippen LogP contribution in [0.5, 0.6) is 0 Å². The predicted octanol–water partition coefficient (Wildman–Crippen LogP) is 19.4. The predicted molar refractivity (Wildman–Crippen MR) is 339 cm³/mol. The Morgan fingerprint density at radius 1 is 0.463 bits per heavy atom. The lowest BCUT2D eigenvalue weighted by molar-refractivity contribution is 0.331. The van der Waals surface area contributed by atoms with Crippen molar-refractivity contribution < 1.29 is 4.42 Å². The summed E-state index contributed by atoms with van der Waals surface area (Å²) >= 11 is 0. The van der Waals surface area contributed by atoms with Crippen molar-refractivity contribution >= 4 is 85.2 Å². The lowest BCUT2D eigenvalue weighted by atomic mass is 9.42. The van der Waals surface area contributed by atoms with E-state index in [4.69, 9.17) is 4.42 Å². The Morgan fingerprint density at radius 3 is 1.69 bits per heavy atom. The summed E-state index contributed by atoms with van der Waals surface area (Å²) in [6.07, 6.45) is 2.30. The Morgan fingerprint density at radius 2 is 1.04 bits per heavy atom. The van der Waals surface area contributed by atoms with Crippen molar-refractivity contribution in [2.24, 2.45) is 0 Å². The first-order valence-corrected chi connectivity index (χ1v) is 28.8. The number of hydrogen-bond acceptors (Lipinski definition) is 4. The molecule has 5 heteroatoms. The second kappa shape index (κ2) is 17.2. The lowest BCUT2D eigenvalue weighted by Crippen LogP contribution is -2.62. The molecule has 0 fully saturated rings. The maximum atomic E-state index is 7.37. The highest BCUT2D eigenvalue weighted by Crippen LogP contribution is 2.60. The zero-order chi connectivity index (χ0) is 54.6. The molecule has 15 rings (SSSR count). The van der Waals surface area contributed by atoms with Crippen LogP contribution in [-0.4, -0.2) is 6.85 Å². The van der Waals surface area contributed by atoms with Crippen LogP contribution in [-0.2, 0) is 21.7 Å². The Hall–Kier alpha value is -8.54. The molecule has 4 heterocycles. The van der Waals surface area contributed by atoms with Gasteiger partial charge in [0.1, 0.15) is 5.58 Å². The van der Waals surface area contributed by atoms with E-state index in [9.17, 15) is 0 Å². The third-order valence-corrected chi connectivity index (χ3v) is 18.8. The molecule has 0 saturated carbocycles. The molecule has 4 aliphatic rings. The van der Waals surface area contributed by atoms with Crippen molar-refractivity contribution in [2.45, 2.75) is 96.8 Å².